The minimum atomic E-state index is 0.109. The Balaban J connectivity index is 1.74. The molecule has 0 amide bonds. The molecule has 0 spiro atoms. The van der Waals surface area contributed by atoms with E-state index in [9.17, 15) is 0 Å². The van der Waals surface area contributed by atoms with Gasteiger partial charge in [-0.25, -0.2) is 0 Å². The SMILES string of the molecule is CC(C)n1ccc([C@@H]2[C@@H](c3ccccn3)NC(=S)N2C2CCCC2)c1. The van der Waals surface area contributed by atoms with E-state index < -0.39 is 0 Å². The summed E-state index contributed by atoms with van der Waals surface area (Å²) in [5.41, 5.74) is 2.39. The van der Waals surface area contributed by atoms with Gasteiger partial charge in [0.1, 0.15) is 0 Å². The van der Waals surface area contributed by atoms with Crippen molar-refractivity contribution in [2.45, 2.75) is 63.7 Å². The lowest BCUT2D eigenvalue weighted by Gasteiger charge is -2.32. The normalized spacial score (nSPS) is 24.3. The number of rotatable bonds is 4. The predicted molar refractivity (Wildman–Crippen MR) is 104 cm³/mol. The van der Waals surface area contributed by atoms with Crippen LogP contribution in [0.25, 0.3) is 0 Å². The molecule has 132 valence electrons. The maximum atomic E-state index is 5.77. The third-order valence-corrected chi connectivity index (χ3v) is 5.86. The topological polar surface area (TPSA) is 33.1 Å². The van der Waals surface area contributed by atoms with Crippen LogP contribution < -0.4 is 5.32 Å². The van der Waals surface area contributed by atoms with Crippen LogP contribution in [0.4, 0.5) is 0 Å². The van der Waals surface area contributed by atoms with Crippen molar-refractivity contribution >= 4 is 17.3 Å². The summed E-state index contributed by atoms with van der Waals surface area (Å²) in [6.45, 7) is 4.43. The van der Waals surface area contributed by atoms with Crippen LogP contribution in [0.3, 0.4) is 0 Å². The summed E-state index contributed by atoms with van der Waals surface area (Å²) in [7, 11) is 0. The molecule has 1 aliphatic heterocycles. The van der Waals surface area contributed by atoms with Crippen LogP contribution in [0.5, 0.6) is 0 Å². The van der Waals surface area contributed by atoms with Gasteiger partial charge in [0.05, 0.1) is 17.8 Å². The molecular weight excluding hydrogens is 328 g/mol. The first-order valence-corrected chi connectivity index (χ1v) is 9.73. The molecule has 1 N–H and O–H groups in total. The van der Waals surface area contributed by atoms with Crippen molar-refractivity contribution in [3.63, 3.8) is 0 Å². The zero-order valence-electron chi connectivity index (χ0n) is 14.9. The Kier molecular flexibility index (Phi) is 4.50. The molecule has 0 aromatic carbocycles. The van der Waals surface area contributed by atoms with Crippen molar-refractivity contribution in [3.05, 3.63) is 54.1 Å². The quantitative estimate of drug-likeness (QED) is 0.826. The fourth-order valence-electron chi connectivity index (χ4n) is 4.22. The largest absolute Gasteiger partial charge is 0.352 e. The first-order valence-electron chi connectivity index (χ1n) is 9.32. The van der Waals surface area contributed by atoms with Gasteiger partial charge in [-0.05, 0) is 62.7 Å². The summed E-state index contributed by atoms with van der Waals surface area (Å²) in [6, 6.07) is 9.70. The second-order valence-corrected chi connectivity index (χ2v) is 7.84. The highest BCUT2D eigenvalue weighted by atomic mass is 32.1. The number of nitrogens with zero attached hydrogens (tertiary/aromatic N) is 3. The molecule has 0 radical (unpaired) electrons. The van der Waals surface area contributed by atoms with Gasteiger partial charge in [0.25, 0.3) is 0 Å². The van der Waals surface area contributed by atoms with Crippen LogP contribution in [-0.4, -0.2) is 25.6 Å². The highest BCUT2D eigenvalue weighted by molar-refractivity contribution is 7.80. The van der Waals surface area contributed by atoms with Gasteiger partial charge in [0.2, 0.25) is 0 Å². The Labute approximate surface area is 155 Å². The van der Waals surface area contributed by atoms with Gasteiger partial charge in [-0.2, -0.15) is 0 Å². The van der Waals surface area contributed by atoms with Crippen LogP contribution in [-0.2, 0) is 0 Å². The molecule has 2 aromatic rings. The Morgan fingerprint density at radius 1 is 1.20 bits per heavy atom. The van der Waals surface area contributed by atoms with Crippen molar-refractivity contribution < 1.29 is 0 Å². The molecule has 4 nitrogen and oxygen atoms in total. The van der Waals surface area contributed by atoms with E-state index in [1.54, 1.807) is 0 Å². The smallest absolute Gasteiger partial charge is 0.170 e. The minimum absolute atomic E-state index is 0.109. The average Bonchev–Trinajstić information content (AvgIpc) is 3.34. The second-order valence-electron chi connectivity index (χ2n) is 7.46. The second kappa shape index (κ2) is 6.79. The third-order valence-electron chi connectivity index (χ3n) is 5.53. The van der Waals surface area contributed by atoms with E-state index in [1.807, 2.05) is 12.3 Å². The Hall–Kier alpha value is -1.88. The van der Waals surface area contributed by atoms with E-state index in [-0.39, 0.29) is 12.1 Å². The lowest BCUT2D eigenvalue weighted by molar-refractivity contribution is 0.245. The Bertz CT molecular complexity index is 733. The molecule has 0 unspecified atom stereocenters. The van der Waals surface area contributed by atoms with E-state index >= 15 is 0 Å². The van der Waals surface area contributed by atoms with Crippen LogP contribution >= 0.6 is 12.2 Å². The molecular formula is C20H26N4S. The first kappa shape index (κ1) is 16.6. The van der Waals surface area contributed by atoms with Crippen molar-refractivity contribution in [1.82, 2.24) is 19.8 Å². The molecule has 2 fully saturated rings. The molecule has 1 saturated heterocycles. The molecule has 4 rings (SSSR count). The molecule has 0 bridgehead atoms. The van der Waals surface area contributed by atoms with Crippen LogP contribution in [0, 0.1) is 0 Å². The third kappa shape index (κ3) is 3.06. The Morgan fingerprint density at radius 3 is 2.64 bits per heavy atom. The molecule has 1 aliphatic carbocycles. The fraction of sp³-hybridized carbons (Fsp3) is 0.500. The molecule has 3 heterocycles. The number of thiocarbonyl (C=S) groups is 1. The van der Waals surface area contributed by atoms with Crippen molar-refractivity contribution in [2.75, 3.05) is 0 Å². The maximum absolute atomic E-state index is 5.77. The van der Waals surface area contributed by atoms with Gasteiger partial charge in [0, 0.05) is 30.7 Å². The lowest BCUT2D eigenvalue weighted by atomic mass is 9.97. The maximum Gasteiger partial charge on any atom is 0.170 e. The summed E-state index contributed by atoms with van der Waals surface area (Å²) >= 11 is 5.77. The van der Waals surface area contributed by atoms with E-state index in [4.69, 9.17) is 12.2 Å². The van der Waals surface area contributed by atoms with Gasteiger partial charge in [0.15, 0.2) is 5.11 Å². The number of hydrogen-bond acceptors (Lipinski definition) is 2. The summed E-state index contributed by atoms with van der Waals surface area (Å²) in [5.74, 6) is 0. The van der Waals surface area contributed by atoms with E-state index in [0.717, 1.165) is 10.8 Å². The predicted octanol–water partition coefficient (Wildman–Crippen LogP) is 4.38. The van der Waals surface area contributed by atoms with Crippen LogP contribution in [0.15, 0.2) is 42.9 Å². The molecule has 5 heteroatoms. The lowest BCUT2D eigenvalue weighted by Crippen LogP contribution is -2.37. The van der Waals surface area contributed by atoms with E-state index in [1.165, 1.54) is 31.2 Å². The highest BCUT2D eigenvalue weighted by Gasteiger charge is 2.43. The molecule has 1 saturated carbocycles. The number of pyridine rings is 1. The zero-order valence-corrected chi connectivity index (χ0v) is 15.7. The van der Waals surface area contributed by atoms with E-state index in [2.05, 4.69) is 64.2 Å². The van der Waals surface area contributed by atoms with Gasteiger partial charge < -0.3 is 14.8 Å². The van der Waals surface area contributed by atoms with Crippen molar-refractivity contribution in [3.8, 4) is 0 Å². The molecule has 25 heavy (non-hydrogen) atoms. The molecule has 2 aromatic heterocycles. The Morgan fingerprint density at radius 2 is 2.00 bits per heavy atom. The number of aromatic nitrogens is 2. The summed E-state index contributed by atoms with van der Waals surface area (Å²) in [6.07, 6.45) is 11.4. The standard InChI is InChI=1S/C20H26N4S/c1-14(2)23-12-10-15(13-23)19-18(17-9-5-6-11-21-17)22-20(25)24(19)16-7-3-4-8-16/h5-6,9-14,16,18-19H,3-4,7-8H2,1-2H3,(H,22,25)/t18-,19-/m1/s1. The van der Waals surface area contributed by atoms with Crippen LogP contribution in [0.1, 0.15) is 68.9 Å². The summed E-state index contributed by atoms with van der Waals surface area (Å²) in [4.78, 5) is 7.08. The fourth-order valence-corrected chi connectivity index (χ4v) is 4.61. The van der Waals surface area contributed by atoms with Gasteiger partial charge >= 0.3 is 0 Å². The van der Waals surface area contributed by atoms with Gasteiger partial charge in [-0.15, -0.1) is 0 Å². The van der Waals surface area contributed by atoms with Crippen molar-refractivity contribution in [2.24, 2.45) is 0 Å². The first-order chi connectivity index (χ1) is 12.1. The summed E-state index contributed by atoms with van der Waals surface area (Å²) in [5, 5.41) is 4.45. The van der Waals surface area contributed by atoms with Crippen molar-refractivity contribution in [1.29, 1.82) is 0 Å². The molecule has 2 aliphatic rings. The minimum Gasteiger partial charge on any atom is -0.352 e. The number of hydrogen-bond donors (Lipinski definition) is 1. The monoisotopic (exact) mass is 354 g/mol. The zero-order chi connectivity index (χ0) is 17.4. The molecule has 2 atom stereocenters. The van der Waals surface area contributed by atoms with Gasteiger partial charge in [-0.3, -0.25) is 4.98 Å². The van der Waals surface area contributed by atoms with Crippen LogP contribution in [0.2, 0.25) is 0 Å². The number of nitrogens with one attached hydrogen (secondary N) is 1. The average molecular weight is 355 g/mol. The van der Waals surface area contributed by atoms with E-state index in [0.29, 0.717) is 12.1 Å². The van der Waals surface area contributed by atoms with Gasteiger partial charge in [-0.1, -0.05) is 18.9 Å². The summed E-state index contributed by atoms with van der Waals surface area (Å²) < 4.78 is 2.28. The highest BCUT2D eigenvalue weighted by Crippen LogP contribution is 2.42.